The van der Waals surface area contributed by atoms with E-state index in [9.17, 15) is 8.78 Å². The highest BCUT2D eigenvalue weighted by atomic mass is 19.1. The molecule has 0 aromatic heterocycles. The van der Waals surface area contributed by atoms with Crippen LogP contribution in [0.3, 0.4) is 0 Å². The van der Waals surface area contributed by atoms with E-state index in [4.69, 9.17) is 4.74 Å². The van der Waals surface area contributed by atoms with E-state index in [1.807, 2.05) is 6.92 Å². The van der Waals surface area contributed by atoms with Crippen LogP contribution in [0.25, 0.3) is 0 Å². The summed E-state index contributed by atoms with van der Waals surface area (Å²) < 4.78 is 31.4. The number of hydrogen-bond donors (Lipinski definition) is 1. The van der Waals surface area contributed by atoms with Gasteiger partial charge >= 0.3 is 0 Å². The van der Waals surface area contributed by atoms with Gasteiger partial charge in [0.1, 0.15) is 11.9 Å². The van der Waals surface area contributed by atoms with Gasteiger partial charge in [-0.05, 0) is 25.6 Å². The van der Waals surface area contributed by atoms with Gasteiger partial charge < -0.3 is 10.1 Å². The zero-order valence-electron chi connectivity index (χ0n) is 8.89. The lowest BCUT2D eigenvalue weighted by Crippen LogP contribution is -2.28. The molecule has 2 nitrogen and oxygen atoms in total. The second-order valence-electron chi connectivity index (χ2n) is 3.28. The Labute approximate surface area is 88.3 Å². The SMILES string of the molecule is CCC(CNC)Oc1cc(F)ccc1F. The maximum Gasteiger partial charge on any atom is 0.165 e. The Kier molecular flexibility index (Phi) is 4.49. The third-order valence-corrected chi connectivity index (χ3v) is 2.07. The fourth-order valence-corrected chi connectivity index (χ4v) is 1.24. The van der Waals surface area contributed by atoms with Gasteiger partial charge in [-0.2, -0.15) is 0 Å². The Hall–Kier alpha value is -1.16. The van der Waals surface area contributed by atoms with Crippen LogP contribution in [-0.2, 0) is 0 Å². The van der Waals surface area contributed by atoms with Gasteiger partial charge in [-0.25, -0.2) is 8.78 Å². The number of likely N-dealkylation sites (N-methyl/N-ethyl adjacent to an activating group) is 1. The Bertz CT molecular complexity index is 317. The van der Waals surface area contributed by atoms with Crippen molar-refractivity contribution in [1.29, 1.82) is 0 Å². The molecule has 0 bridgehead atoms. The summed E-state index contributed by atoms with van der Waals surface area (Å²) in [6.45, 7) is 2.53. The molecule has 0 aliphatic heterocycles. The van der Waals surface area contributed by atoms with E-state index in [-0.39, 0.29) is 11.9 Å². The zero-order chi connectivity index (χ0) is 11.3. The van der Waals surface area contributed by atoms with Gasteiger partial charge in [-0.15, -0.1) is 0 Å². The Balaban J connectivity index is 2.73. The molecule has 84 valence electrons. The van der Waals surface area contributed by atoms with Crippen molar-refractivity contribution in [3.63, 3.8) is 0 Å². The lowest BCUT2D eigenvalue weighted by atomic mass is 10.2. The maximum absolute atomic E-state index is 13.2. The molecular weight excluding hydrogens is 200 g/mol. The van der Waals surface area contributed by atoms with Gasteiger partial charge in [0, 0.05) is 12.6 Å². The minimum atomic E-state index is -0.536. The van der Waals surface area contributed by atoms with Gasteiger partial charge in [0.2, 0.25) is 0 Å². The second kappa shape index (κ2) is 5.66. The van der Waals surface area contributed by atoms with Crippen LogP contribution in [0.15, 0.2) is 18.2 Å². The van der Waals surface area contributed by atoms with E-state index in [1.54, 1.807) is 7.05 Å². The Morgan fingerprint density at radius 3 is 2.73 bits per heavy atom. The number of halogens is 2. The highest BCUT2D eigenvalue weighted by Crippen LogP contribution is 2.19. The minimum absolute atomic E-state index is 0.0305. The first kappa shape index (κ1) is 11.9. The predicted molar refractivity (Wildman–Crippen MR) is 55.0 cm³/mol. The topological polar surface area (TPSA) is 21.3 Å². The molecule has 0 amide bonds. The fraction of sp³-hybridized carbons (Fsp3) is 0.455. The van der Waals surface area contributed by atoms with Gasteiger partial charge in [-0.3, -0.25) is 0 Å². The molecule has 0 heterocycles. The molecule has 4 heteroatoms. The monoisotopic (exact) mass is 215 g/mol. The van der Waals surface area contributed by atoms with E-state index >= 15 is 0 Å². The van der Waals surface area contributed by atoms with Crippen LogP contribution in [0.1, 0.15) is 13.3 Å². The molecule has 0 saturated heterocycles. The molecule has 1 N–H and O–H groups in total. The van der Waals surface area contributed by atoms with E-state index in [0.29, 0.717) is 6.54 Å². The quantitative estimate of drug-likeness (QED) is 0.814. The molecular formula is C11H15F2NO. The molecule has 1 aromatic carbocycles. The summed E-state index contributed by atoms with van der Waals surface area (Å²) in [4.78, 5) is 0. The lowest BCUT2D eigenvalue weighted by Gasteiger charge is -2.17. The van der Waals surface area contributed by atoms with E-state index in [0.717, 1.165) is 24.6 Å². The Morgan fingerprint density at radius 1 is 1.40 bits per heavy atom. The van der Waals surface area contributed by atoms with Crippen LogP contribution in [0, 0.1) is 11.6 Å². The molecule has 0 fully saturated rings. The van der Waals surface area contributed by atoms with Gasteiger partial charge in [-0.1, -0.05) is 6.92 Å². The average molecular weight is 215 g/mol. The largest absolute Gasteiger partial charge is 0.486 e. The van der Waals surface area contributed by atoms with Crippen molar-refractivity contribution >= 4 is 0 Å². The zero-order valence-corrected chi connectivity index (χ0v) is 8.89. The van der Waals surface area contributed by atoms with Crippen molar-refractivity contribution in [1.82, 2.24) is 5.32 Å². The maximum atomic E-state index is 13.2. The molecule has 0 radical (unpaired) electrons. The summed E-state index contributed by atoms with van der Waals surface area (Å²) in [5.41, 5.74) is 0. The van der Waals surface area contributed by atoms with Gasteiger partial charge in [0.15, 0.2) is 11.6 Å². The molecule has 0 aliphatic rings. The fourth-order valence-electron chi connectivity index (χ4n) is 1.24. The number of nitrogens with one attached hydrogen (secondary N) is 1. The van der Waals surface area contributed by atoms with Crippen LogP contribution in [-0.4, -0.2) is 19.7 Å². The number of ether oxygens (including phenoxy) is 1. The van der Waals surface area contributed by atoms with Crippen LogP contribution < -0.4 is 10.1 Å². The Morgan fingerprint density at radius 2 is 2.13 bits per heavy atom. The lowest BCUT2D eigenvalue weighted by molar-refractivity contribution is 0.187. The van der Waals surface area contributed by atoms with Gasteiger partial charge in [0.25, 0.3) is 0 Å². The highest BCUT2D eigenvalue weighted by Gasteiger charge is 2.11. The second-order valence-corrected chi connectivity index (χ2v) is 3.28. The van der Waals surface area contributed by atoms with E-state index in [1.165, 1.54) is 0 Å². The normalized spacial score (nSPS) is 12.5. The van der Waals surface area contributed by atoms with E-state index in [2.05, 4.69) is 5.32 Å². The molecule has 1 rings (SSSR count). The number of benzene rings is 1. The summed E-state index contributed by atoms with van der Waals surface area (Å²) in [7, 11) is 1.79. The van der Waals surface area contributed by atoms with Crippen LogP contribution in [0.4, 0.5) is 8.78 Å². The highest BCUT2D eigenvalue weighted by molar-refractivity contribution is 5.25. The standard InChI is InChI=1S/C11H15F2NO/c1-3-9(7-14-2)15-11-6-8(12)4-5-10(11)13/h4-6,9,14H,3,7H2,1-2H3. The minimum Gasteiger partial charge on any atom is -0.486 e. The van der Waals surface area contributed by atoms with Crippen molar-refractivity contribution in [2.75, 3.05) is 13.6 Å². The van der Waals surface area contributed by atoms with Gasteiger partial charge in [0.05, 0.1) is 0 Å². The summed E-state index contributed by atoms with van der Waals surface area (Å²) in [5.74, 6) is -1.06. The average Bonchev–Trinajstić information content (AvgIpc) is 2.22. The third kappa shape index (κ3) is 3.47. The van der Waals surface area contributed by atoms with Crippen LogP contribution in [0.5, 0.6) is 5.75 Å². The molecule has 0 saturated carbocycles. The van der Waals surface area contributed by atoms with Crippen molar-refractivity contribution < 1.29 is 13.5 Å². The molecule has 1 aromatic rings. The van der Waals surface area contributed by atoms with Crippen LogP contribution >= 0.6 is 0 Å². The first-order chi connectivity index (χ1) is 7.17. The third-order valence-electron chi connectivity index (χ3n) is 2.07. The molecule has 1 atom stereocenters. The van der Waals surface area contributed by atoms with Crippen molar-refractivity contribution in [2.24, 2.45) is 0 Å². The summed E-state index contributed by atoms with van der Waals surface area (Å²) in [6.07, 6.45) is 0.586. The number of rotatable bonds is 5. The van der Waals surface area contributed by atoms with Crippen LogP contribution in [0.2, 0.25) is 0 Å². The molecule has 1 unspecified atom stereocenters. The predicted octanol–water partition coefficient (Wildman–Crippen LogP) is 2.34. The molecule has 15 heavy (non-hydrogen) atoms. The van der Waals surface area contributed by atoms with Crippen molar-refractivity contribution in [3.8, 4) is 5.75 Å². The smallest absolute Gasteiger partial charge is 0.165 e. The summed E-state index contributed by atoms with van der Waals surface area (Å²) >= 11 is 0. The van der Waals surface area contributed by atoms with E-state index < -0.39 is 11.6 Å². The number of hydrogen-bond acceptors (Lipinski definition) is 2. The molecule has 0 spiro atoms. The summed E-state index contributed by atoms with van der Waals surface area (Å²) in [6, 6.07) is 3.20. The summed E-state index contributed by atoms with van der Waals surface area (Å²) in [5, 5.41) is 2.93. The van der Waals surface area contributed by atoms with Crippen molar-refractivity contribution in [3.05, 3.63) is 29.8 Å². The van der Waals surface area contributed by atoms with Crippen molar-refractivity contribution in [2.45, 2.75) is 19.4 Å². The first-order valence-electron chi connectivity index (χ1n) is 4.93. The molecule has 0 aliphatic carbocycles. The first-order valence-corrected chi connectivity index (χ1v) is 4.93.